The average molecular weight is 270 g/mol. The number of morpholine rings is 1. The Balaban J connectivity index is 1.71. The molecule has 5 heteroatoms. The quantitative estimate of drug-likeness (QED) is 0.822. The van der Waals surface area contributed by atoms with Crippen molar-refractivity contribution in [1.82, 2.24) is 9.80 Å². The number of carboxylic acid groups (broad SMARTS) is 1. The zero-order valence-corrected chi connectivity index (χ0v) is 12.0. The normalized spacial score (nSPS) is 31.5. The average Bonchev–Trinajstić information content (AvgIpc) is 2.29. The molecule has 2 aliphatic heterocycles. The van der Waals surface area contributed by atoms with Crippen LogP contribution in [0.15, 0.2) is 0 Å². The SMILES string of the molecule is CC1CN(CC2CCN(CC(=O)O)CC2)CC(C)O1. The van der Waals surface area contributed by atoms with Gasteiger partial charge >= 0.3 is 5.97 Å². The summed E-state index contributed by atoms with van der Waals surface area (Å²) in [5.41, 5.74) is 0. The fourth-order valence-electron chi connectivity index (χ4n) is 3.32. The molecule has 2 unspecified atom stereocenters. The van der Waals surface area contributed by atoms with Gasteiger partial charge in [0.1, 0.15) is 0 Å². The Morgan fingerprint density at radius 2 is 1.74 bits per heavy atom. The van der Waals surface area contributed by atoms with Crippen molar-refractivity contribution >= 4 is 5.97 Å². The van der Waals surface area contributed by atoms with Crippen LogP contribution in [0.2, 0.25) is 0 Å². The Morgan fingerprint density at radius 3 is 2.26 bits per heavy atom. The molecule has 0 aromatic rings. The van der Waals surface area contributed by atoms with E-state index in [9.17, 15) is 4.79 Å². The molecule has 0 saturated carbocycles. The molecule has 0 aromatic carbocycles. The van der Waals surface area contributed by atoms with Crippen molar-refractivity contribution < 1.29 is 14.6 Å². The van der Waals surface area contributed by atoms with E-state index in [-0.39, 0.29) is 6.54 Å². The van der Waals surface area contributed by atoms with E-state index in [1.165, 1.54) is 0 Å². The lowest BCUT2D eigenvalue weighted by Crippen LogP contribution is -2.48. The first-order valence-corrected chi connectivity index (χ1v) is 7.35. The highest BCUT2D eigenvalue weighted by Gasteiger charge is 2.26. The standard InChI is InChI=1S/C14H26N2O3/c1-11-7-16(8-12(2)19-11)9-13-3-5-15(6-4-13)10-14(17)18/h11-13H,3-10H2,1-2H3,(H,17,18). The molecule has 2 rings (SSSR count). The van der Waals surface area contributed by atoms with Gasteiger partial charge in [0, 0.05) is 19.6 Å². The first-order valence-electron chi connectivity index (χ1n) is 7.35. The van der Waals surface area contributed by atoms with Gasteiger partial charge in [-0.25, -0.2) is 0 Å². The lowest BCUT2D eigenvalue weighted by molar-refractivity contribution is -0.138. The maximum Gasteiger partial charge on any atom is 0.317 e. The Hall–Kier alpha value is -0.650. The first kappa shape index (κ1) is 14.8. The van der Waals surface area contributed by atoms with Gasteiger partial charge in [-0.1, -0.05) is 0 Å². The maximum atomic E-state index is 10.7. The number of nitrogens with zero attached hydrogens (tertiary/aromatic N) is 2. The summed E-state index contributed by atoms with van der Waals surface area (Å²) >= 11 is 0. The second kappa shape index (κ2) is 6.68. The second-order valence-corrected chi connectivity index (χ2v) is 6.09. The Morgan fingerprint density at radius 1 is 1.16 bits per heavy atom. The van der Waals surface area contributed by atoms with Gasteiger partial charge in [-0.05, 0) is 45.7 Å². The summed E-state index contributed by atoms with van der Waals surface area (Å²) < 4.78 is 5.75. The topological polar surface area (TPSA) is 53.0 Å². The zero-order chi connectivity index (χ0) is 13.8. The van der Waals surface area contributed by atoms with Crippen LogP contribution < -0.4 is 0 Å². The van der Waals surface area contributed by atoms with Crippen molar-refractivity contribution in [3.8, 4) is 0 Å². The molecule has 19 heavy (non-hydrogen) atoms. The predicted octanol–water partition coefficient (Wildman–Crippen LogP) is 0.892. The summed E-state index contributed by atoms with van der Waals surface area (Å²) in [4.78, 5) is 15.2. The van der Waals surface area contributed by atoms with Gasteiger partial charge in [-0.2, -0.15) is 0 Å². The number of hydrogen-bond donors (Lipinski definition) is 1. The molecule has 2 aliphatic rings. The smallest absolute Gasteiger partial charge is 0.317 e. The Kier molecular flexibility index (Phi) is 5.19. The van der Waals surface area contributed by atoms with Crippen LogP contribution in [0.25, 0.3) is 0 Å². The largest absolute Gasteiger partial charge is 0.480 e. The number of likely N-dealkylation sites (tertiary alicyclic amines) is 1. The van der Waals surface area contributed by atoms with Crippen LogP contribution in [0.5, 0.6) is 0 Å². The van der Waals surface area contributed by atoms with Crippen LogP contribution in [-0.4, -0.2) is 72.4 Å². The summed E-state index contributed by atoms with van der Waals surface area (Å²) in [5, 5.41) is 8.79. The minimum Gasteiger partial charge on any atom is -0.480 e. The van der Waals surface area contributed by atoms with E-state index in [0.29, 0.717) is 18.1 Å². The molecular formula is C14H26N2O3. The number of piperidine rings is 1. The van der Waals surface area contributed by atoms with E-state index in [1.54, 1.807) is 0 Å². The predicted molar refractivity (Wildman–Crippen MR) is 73.2 cm³/mol. The van der Waals surface area contributed by atoms with Crippen LogP contribution in [0.1, 0.15) is 26.7 Å². The van der Waals surface area contributed by atoms with Crippen molar-refractivity contribution in [2.45, 2.75) is 38.9 Å². The molecule has 5 nitrogen and oxygen atoms in total. The third kappa shape index (κ3) is 4.75. The monoisotopic (exact) mass is 270 g/mol. The minimum absolute atomic E-state index is 0.193. The zero-order valence-electron chi connectivity index (χ0n) is 12.0. The Labute approximate surface area is 115 Å². The Bertz CT molecular complexity index is 293. The first-order chi connectivity index (χ1) is 9.02. The number of rotatable bonds is 4. The summed E-state index contributed by atoms with van der Waals surface area (Å²) in [7, 11) is 0. The third-order valence-electron chi connectivity index (χ3n) is 4.08. The lowest BCUT2D eigenvalue weighted by Gasteiger charge is -2.39. The molecule has 0 bridgehead atoms. The van der Waals surface area contributed by atoms with Gasteiger partial charge < -0.3 is 9.84 Å². The molecule has 0 spiro atoms. The van der Waals surface area contributed by atoms with Crippen LogP contribution >= 0.6 is 0 Å². The van der Waals surface area contributed by atoms with E-state index in [1.807, 2.05) is 4.90 Å². The minimum atomic E-state index is -0.714. The van der Waals surface area contributed by atoms with Gasteiger partial charge in [-0.3, -0.25) is 14.6 Å². The van der Waals surface area contributed by atoms with Crippen LogP contribution in [0.3, 0.4) is 0 Å². The van der Waals surface area contributed by atoms with E-state index in [0.717, 1.165) is 45.6 Å². The molecule has 1 N–H and O–H groups in total. The summed E-state index contributed by atoms with van der Waals surface area (Å²) in [6.45, 7) is 9.51. The van der Waals surface area contributed by atoms with Crippen LogP contribution in [-0.2, 0) is 9.53 Å². The molecule has 0 radical (unpaired) electrons. The number of ether oxygens (including phenoxy) is 1. The molecule has 2 fully saturated rings. The van der Waals surface area contributed by atoms with Crippen molar-refractivity contribution in [3.05, 3.63) is 0 Å². The van der Waals surface area contributed by atoms with Gasteiger partial charge in [0.2, 0.25) is 0 Å². The summed E-state index contributed by atoms with van der Waals surface area (Å²) in [6.07, 6.45) is 2.90. The summed E-state index contributed by atoms with van der Waals surface area (Å²) in [5.74, 6) is -0.00294. The number of carbonyl (C=O) groups is 1. The molecule has 2 saturated heterocycles. The number of aliphatic carboxylic acids is 1. The highest BCUT2D eigenvalue weighted by atomic mass is 16.5. The van der Waals surface area contributed by atoms with Gasteiger partial charge in [-0.15, -0.1) is 0 Å². The molecule has 0 amide bonds. The third-order valence-corrected chi connectivity index (χ3v) is 4.08. The van der Waals surface area contributed by atoms with Crippen LogP contribution in [0, 0.1) is 5.92 Å². The molecule has 110 valence electrons. The molecule has 0 aliphatic carbocycles. The molecule has 0 aromatic heterocycles. The van der Waals surface area contributed by atoms with Crippen molar-refractivity contribution in [2.24, 2.45) is 5.92 Å². The van der Waals surface area contributed by atoms with E-state index in [2.05, 4.69) is 18.7 Å². The van der Waals surface area contributed by atoms with Crippen LogP contribution in [0.4, 0.5) is 0 Å². The fourth-order valence-corrected chi connectivity index (χ4v) is 3.32. The maximum absolute atomic E-state index is 10.7. The van der Waals surface area contributed by atoms with E-state index in [4.69, 9.17) is 9.84 Å². The summed E-state index contributed by atoms with van der Waals surface area (Å²) in [6, 6.07) is 0. The highest BCUT2D eigenvalue weighted by molar-refractivity contribution is 5.69. The van der Waals surface area contributed by atoms with E-state index < -0.39 is 5.97 Å². The van der Waals surface area contributed by atoms with Gasteiger partial charge in [0.15, 0.2) is 0 Å². The van der Waals surface area contributed by atoms with E-state index >= 15 is 0 Å². The van der Waals surface area contributed by atoms with Crippen molar-refractivity contribution in [1.29, 1.82) is 0 Å². The van der Waals surface area contributed by atoms with Gasteiger partial charge in [0.25, 0.3) is 0 Å². The van der Waals surface area contributed by atoms with Crippen molar-refractivity contribution in [2.75, 3.05) is 39.3 Å². The van der Waals surface area contributed by atoms with Crippen molar-refractivity contribution in [3.63, 3.8) is 0 Å². The lowest BCUT2D eigenvalue weighted by atomic mass is 9.95. The molecule has 2 heterocycles. The molecule has 2 atom stereocenters. The van der Waals surface area contributed by atoms with Gasteiger partial charge in [0.05, 0.1) is 18.8 Å². The number of hydrogen-bond acceptors (Lipinski definition) is 4. The fraction of sp³-hybridized carbons (Fsp3) is 0.929. The molecular weight excluding hydrogens is 244 g/mol. The highest BCUT2D eigenvalue weighted by Crippen LogP contribution is 2.20. The second-order valence-electron chi connectivity index (χ2n) is 6.09. The number of carboxylic acids is 1.